The summed E-state index contributed by atoms with van der Waals surface area (Å²) >= 11 is 5.59. The van der Waals surface area contributed by atoms with Crippen LogP contribution in [0, 0.1) is 0 Å². The number of carbonyl (C=O) groups is 1. The van der Waals surface area contributed by atoms with Gasteiger partial charge in [0.2, 0.25) is 0 Å². The molecule has 2 rings (SSSR count). The molecule has 0 aliphatic heterocycles. The van der Waals surface area contributed by atoms with Gasteiger partial charge in [-0.15, -0.1) is 11.6 Å². The Morgan fingerprint density at radius 2 is 2.06 bits per heavy atom. The van der Waals surface area contributed by atoms with Gasteiger partial charge >= 0.3 is 0 Å². The van der Waals surface area contributed by atoms with E-state index < -0.39 is 0 Å². The van der Waals surface area contributed by atoms with Gasteiger partial charge in [-0.25, -0.2) is 0 Å². The maximum atomic E-state index is 12.0. The molecule has 1 N–H and O–H groups in total. The van der Waals surface area contributed by atoms with Crippen LogP contribution in [0.1, 0.15) is 23.3 Å². The molecular formula is C14H15ClN2O. The first-order valence-electron chi connectivity index (χ1n) is 6.01. The van der Waals surface area contributed by atoms with Gasteiger partial charge in [-0.2, -0.15) is 0 Å². The van der Waals surface area contributed by atoms with E-state index in [-0.39, 0.29) is 5.91 Å². The Labute approximate surface area is 111 Å². The number of fused-ring (bicyclic) bond motifs is 1. The first kappa shape index (κ1) is 12.8. The number of pyridine rings is 1. The molecule has 0 unspecified atom stereocenters. The summed E-state index contributed by atoms with van der Waals surface area (Å²) in [7, 11) is 0. The van der Waals surface area contributed by atoms with Crippen LogP contribution < -0.4 is 5.32 Å². The van der Waals surface area contributed by atoms with Gasteiger partial charge in [-0.05, 0) is 24.3 Å². The molecule has 0 saturated heterocycles. The molecule has 0 bridgehead atoms. The van der Waals surface area contributed by atoms with Gasteiger partial charge in [0.15, 0.2) is 0 Å². The minimum absolute atomic E-state index is 0.124. The summed E-state index contributed by atoms with van der Waals surface area (Å²) in [6.45, 7) is 0.635. The lowest BCUT2D eigenvalue weighted by Gasteiger charge is -2.06. The summed E-state index contributed by atoms with van der Waals surface area (Å²) in [5.41, 5.74) is 0.485. The fourth-order valence-electron chi connectivity index (χ4n) is 1.81. The quantitative estimate of drug-likeness (QED) is 0.665. The maximum Gasteiger partial charge on any atom is 0.270 e. The molecule has 0 radical (unpaired) electrons. The number of benzene rings is 1. The van der Waals surface area contributed by atoms with Crippen molar-refractivity contribution in [2.75, 3.05) is 12.4 Å². The minimum atomic E-state index is -0.124. The molecule has 2 aromatic rings. The van der Waals surface area contributed by atoms with E-state index in [1.54, 1.807) is 6.20 Å². The average molecular weight is 263 g/mol. The van der Waals surface area contributed by atoms with Crippen molar-refractivity contribution in [2.45, 2.75) is 12.8 Å². The third-order valence-corrected chi connectivity index (χ3v) is 3.00. The van der Waals surface area contributed by atoms with Gasteiger partial charge in [0.1, 0.15) is 5.69 Å². The number of carbonyl (C=O) groups excluding carboxylic acids is 1. The third-order valence-electron chi connectivity index (χ3n) is 2.73. The highest BCUT2D eigenvalue weighted by Gasteiger charge is 2.10. The van der Waals surface area contributed by atoms with Crippen LogP contribution in [0.25, 0.3) is 10.8 Å². The highest BCUT2D eigenvalue weighted by molar-refractivity contribution is 6.17. The van der Waals surface area contributed by atoms with Gasteiger partial charge in [-0.1, -0.05) is 24.3 Å². The van der Waals surface area contributed by atoms with E-state index in [9.17, 15) is 4.79 Å². The van der Waals surface area contributed by atoms with Crippen molar-refractivity contribution in [3.8, 4) is 0 Å². The lowest BCUT2D eigenvalue weighted by atomic mass is 10.1. The second-order valence-corrected chi connectivity index (χ2v) is 4.41. The number of unbranched alkanes of at least 4 members (excludes halogenated alkanes) is 1. The zero-order valence-corrected chi connectivity index (χ0v) is 10.8. The molecule has 94 valence electrons. The van der Waals surface area contributed by atoms with Crippen molar-refractivity contribution in [3.63, 3.8) is 0 Å². The van der Waals surface area contributed by atoms with E-state index in [4.69, 9.17) is 11.6 Å². The second kappa shape index (κ2) is 6.36. The topological polar surface area (TPSA) is 42.0 Å². The molecule has 4 heteroatoms. The summed E-state index contributed by atoms with van der Waals surface area (Å²) in [6.07, 6.45) is 3.46. The molecule has 1 aromatic carbocycles. The molecule has 0 spiro atoms. The van der Waals surface area contributed by atoms with Crippen LogP contribution >= 0.6 is 11.6 Å². The first-order chi connectivity index (χ1) is 8.83. The molecule has 0 atom stereocenters. The first-order valence-corrected chi connectivity index (χ1v) is 6.54. The largest absolute Gasteiger partial charge is 0.351 e. The molecule has 0 aliphatic carbocycles. The Kier molecular flexibility index (Phi) is 4.53. The number of hydrogen-bond donors (Lipinski definition) is 1. The number of hydrogen-bond acceptors (Lipinski definition) is 2. The van der Waals surface area contributed by atoms with Gasteiger partial charge in [0, 0.05) is 24.0 Å². The predicted molar refractivity (Wildman–Crippen MR) is 74.0 cm³/mol. The van der Waals surface area contributed by atoms with Crippen molar-refractivity contribution in [1.29, 1.82) is 0 Å². The van der Waals surface area contributed by atoms with Crippen LogP contribution in [-0.2, 0) is 0 Å². The zero-order chi connectivity index (χ0) is 12.8. The van der Waals surface area contributed by atoms with Crippen LogP contribution in [0.5, 0.6) is 0 Å². The summed E-state index contributed by atoms with van der Waals surface area (Å²) in [4.78, 5) is 16.2. The van der Waals surface area contributed by atoms with Crippen molar-refractivity contribution >= 4 is 28.3 Å². The Bertz CT molecular complexity index is 537. The van der Waals surface area contributed by atoms with Gasteiger partial charge in [0.05, 0.1) is 0 Å². The van der Waals surface area contributed by atoms with Gasteiger partial charge in [-0.3, -0.25) is 9.78 Å². The molecule has 0 fully saturated rings. The summed E-state index contributed by atoms with van der Waals surface area (Å²) in [5, 5.41) is 4.78. The normalized spacial score (nSPS) is 10.5. The Morgan fingerprint density at radius 1 is 1.22 bits per heavy atom. The monoisotopic (exact) mass is 262 g/mol. The van der Waals surface area contributed by atoms with Crippen LogP contribution in [0.2, 0.25) is 0 Å². The average Bonchev–Trinajstić information content (AvgIpc) is 2.43. The van der Waals surface area contributed by atoms with Crippen LogP contribution in [0.4, 0.5) is 0 Å². The fourth-order valence-corrected chi connectivity index (χ4v) is 1.99. The molecule has 0 saturated carbocycles. The molecule has 18 heavy (non-hydrogen) atoms. The van der Waals surface area contributed by atoms with Crippen molar-refractivity contribution in [1.82, 2.24) is 10.3 Å². The lowest BCUT2D eigenvalue weighted by molar-refractivity contribution is 0.0950. The van der Waals surface area contributed by atoms with E-state index in [1.807, 2.05) is 30.3 Å². The van der Waals surface area contributed by atoms with Crippen molar-refractivity contribution in [3.05, 3.63) is 42.2 Å². The zero-order valence-electron chi connectivity index (χ0n) is 10.0. The molecule has 3 nitrogen and oxygen atoms in total. The van der Waals surface area contributed by atoms with Crippen molar-refractivity contribution in [2.24, 2.45) is 0 Å². The second-order valence-electron chi connectivity index (χ2n) is 4.03. The molecule has 1 amide bonds. The van der Waals surface area contributed by atoms with E-state index in [1.165, 1.54) is 0 Å². The highest BCUT2D eigenvalue weighted by Crippen LogP contribution is 2.15. The number of nitrogens with one attached hydrogen (secondary N) is 1. The summed E-state index contributed by atoms with van der Waals surface area (Å²) in [6, 6.07) is 9.65. The van der Waals surface area contributed by atoms with Gasteiger partial charge < -0.3 is 5.32 Å². The summed E-state index contributed by atoms with van der Waals surface area (Å²) in [5.74, 6) is 0.504. The number of halogens is 1. The molecule has 1 heterocycles. The third kappa shape index (κ3) is 2.99. The van der Waals surface area contributed by atoms with E-state index >= 15 is 0 Å². The fraction of sp³-hybridized carbons (Fsp3) is 0.286. The SMILES string of the molecule is O=C(NCCCCCl)c1nccc2ccccc12. The number of rotatable bonds is 5. The number of amides is 1. The standard InChI is InChI=1S/C14H15ClN2O/c15-8-3-4-9-17-14(18)13-12-6-2-1-5-11(12)7-10-16-13/h1-2,5-7,10H,3-4,8-9H2,(H,17,18). The van der Waals surface area contributed by atoms with Gasteiger partial charge in [0.25, 0.3) is 5.91 Å². The maximum absolute atomic E-state index is 12.0. The Morgan fingerprint density at radius 3 is 2.89 bits per heavy atom. The van der Waals surface area contributed by atoms with Crippen LogP contribution in [0.15, 0.2) is 36.5 Å². The summed E-state index contributed by atoms with van der Waals surface area (Å²) < 4.78 is 0. The van der Waals surface area contributed by atoms with E-state index in [2.05, 4.69) is 10.3 Å². The minimum Gasteiger partial charge on any atom is -0.351 e. The Hall–Kier alpha value is -1.61. The highest BCUT2D eigenvalue weighted by atomic mass is 35.5. The molecule has 1 aromatic heterocycles. The number of alkyl halides is 1. The van der Waals surface area contributed by atoms with E-state index in [0.29, 0.717) is 18.1 Å². The number of aromatic nitrogens is 1. The number of nitrogens with zero attached hydrogens (tertiary/aromatic N) is 1. The predicted octanol–water partition coefficient (Wildman–Crippen LogP) is 2.98. The lowest BCUT2D eigenvalue weighted by Crippen LogP contribution is -2.25. The van der Waals surface area contributed by atoms with Crippen molar-refractivity contribution < 1.29 is 4.79 Å². The Balaban J connectivity index is 2.13. The van der Waals surface area contributed by atoms with Crippen LogP contribution in [0.3, 0.4) is 0 Å². The van der Waals surface area contributed by atoms with E-state index in [0.717, 1.165) is 23.6 Å². The van der Waals surface area contributed by atoms with Crippen LogP contribution in [-0.4, -0.2) is 23.3 Å². The smallest absolute Gasteiger partial charge is 0.270 e. The molecular weight excluding hydrogens is 248 g/mol. The molecule has 0 aliphatic rings.